The standard InChI is InChI=1S/C18H25N2O6PS/c1-5-25-27(24,19-13(4)18(23)26-12(2)3)28-11-10-20-16(21)14-8-6-7-9-15(14)17(20)22/h6-9,12-13H,5,10-11H2,1-4H3,(H,19,24)/t13-,27+/m0/s1. The van der Waals surface area contributed by atoms with E-state index in [-0.39, 0.29) is 36.8 Å². The Morgan fingerprint density at radius 3 is 2.25 bits per heavy atom. The number of amides is 2. The first-order valence-electron chi connectivity index (χ1n) is 9.01. The molecule has 0 aromatic heterocycles. The van der Waals surface area contributed by atoms with E-state index in [1.54, 1.807) is 52.0 Å². The summed E-state index contributed by atoms with van der Waals surface area (Å²) in [5.41, 5.74) is 0.738. The fraction of sp³-hybridized carbons (Fsp3) is 0.500. The zero-order valence-electron chi connectivity index (χ0n) is 16.3. The van der Waals surface area contributed by atoms with Crippen LogP contribution in [0.2, 0.25) is 0 Å². The van der Waals surface area contributed by atoms with Gasteiger partial charge in [-0.25, -0.2) is 5.09 Å². The quantitative estimate of drug-likeness (QED) is 0.345. The van der Waals surface area contributed by atoms with Crippen LogP contribution in [0.3, 0.4) is 0 Å². The van der Waals surface area contributed by atoms with Crippen LogP contribution in [0.15, 0.2) is 24.3 Å². The van der Waals surface area contributed by atoms with Crippen LogP contribution in [-0.2, 0) is 18.6 Å². The number of imide groups is 1. The van der Waals surface area contributed by atoms with Gasteiger partial charge in [-0.05, 0) is 39.8 Å². The summed E-state index contributed by atoms with van der Waals surface area (Å²) < 4.78 is 23.4. The predicted molar refractivity (Wildman–Crippen MR) is 107 cm³/mol. The van der Waals surface area contributed by atoms with Crippen LogP contribution in [0, 0.1) is 0 Å². The molecule has 0 bridgehead atoms. The van der Waals surface area contributed by atoms with Gasteiger partial charge in [0.15, 0.2) is 0 Å². The van der Waals surface area contributed by atoms with Crippen LogP contribution in [-0.4, -0.2) is 53.7 Å². The van der Waals surface area contributed by atoms with Crippen LogP contribution in [0.25, 0.3) is 0 Å². The smallest absolute Gasteiger partial charge is 0.327 e. The average molecular weight is 428 g/mol. The molecule has 2 amide bonds. The third-order valence-electron chi connectivity index (χ3n) is 3.81. The number of nitrogens with zero attached hydrogens (tertiary/aromatic N) is 1. The molecule has 8 nitrogen and oxygen atoms in total. The molecule has 1 N–H and O–H groups in total. The van der Waals surface area contributed by atoms with E-state index in [1.807, 2.05) is 0 Å². The van der Waals surface area contributed by atoms with Crippen LogP contribution in [0.1, 0.15) is 48.4 Å². The van der Waals surface area contributed by atoms with Gasteiger partial charge in [0.25, 0.3) is 11.8 Å². The molecular weight excluding hydrogens is 403 g/mol. The van der Waals surface area contributed by atoms with Gasteiger partial charge in [-0.2, -0.15) is 0 Å². The van der Waals surface area contributed by atoms with Crippen molar-refractivity contribution in [1.82, 2.24) is 9.99 Å². The van der Waals surface area contributed by atoms with E-state index in [0.717, 1.165) is 16.3 Å². The fourth-order valence-corrected chi connectivity index (χ4v) is 6.45. The van der Waals surface area contributed by atoms with Crippen molar-refractivity contribution in [2.75, 3.05) is 18.9 Å². The molecule has 154 valence electrons. The van der Waals surface area contributed by atoms with Gasteiger partial charge in [0.05, 0.1) is 23.8 Å². The van der Waals surface area contributed by atoms with Crippen molar-refractivity contribution < 1.29 is 28.2 Å². The number of fused-ring (bicyclic) bond motifs is 1. The van der Waals surface area contributed by atoms with Crippen LogP contribution < -0.4 is 5.09 Å². The minimum atomic E-state index is -3.43. The van der Waals surface area contributed by atoms with Crippen molar-refractivity contribution in [2.24, 2.45) is 0 Å². The van der Waals surface area contributed by atoms with Gasteiger partial charge in [-0.15, -0.1) is 0 Å². The zero-order valence-corrected chi connectivity index (χ0v) is 18.0. The van der Waals surface area contributed by atoms with E-state index in [1.165, 1.54) is 0 Å². The van der Waals surface area contributed by atoms with Crippen LogP contribution in [0.5, 0.6) is 0 Å². The molecule has 1 aliphatic heterocycles. The number of carbonyl (C=O) groups excluding carboxylic acids is 3. The molecule has 0 spiro atoms. The molecule has 1 aromatic carbocycles. The number of hydrogen-bond acceptors (Lipinski definition) is 7. The van der Waals surface area contributed by atoms with Gasteiger partial charge in [-0.3, -0.25) is 23.8 Å². The summed E-state index contributed by atoms with van der Waals surface area (Å²) in [6.07, 6.45) is -0.287. The molecule has 1 heterocycles. The molecule has 2 atom stereocenters. The van der Waals surface area contributed by atoms with Crippen molar-refractivity contribution in [1.29, 1.82) is 0 Å². The lowest BCUT2D eigenvalue weighted by Crippen LogP contribution is -2.35. The number of ether oxygens (including phenoxy) is 1. The lowest BCUT2D eigenvalue weighted by atomic mass is 10.1. The highest BCUT2D eigenvalue weighted by atomic mass is 32.7. The maximum Gasteiger partial charge on any atom is 0.327 e. The molecule has 0 saturated carbocycles. The van der Waals surface area contributed by atoms with Gasteiger partial charge in [0, 0.05) is 12.3 Å². The normalized spacial score (nSPS) is 16.8. The SMILES string of the molecule is CCO[P@](=O)(N[C@@H](C)C(=O)OC(C)C)SCCN1C(=O)c2ccccc2C1=O. The Balaban J connectivity index is 1.96. The molecule has 1 aliphatic rings. The molecule has 0 fully saturated rings. The van der Waals surface area contributed by atoms with Gasteiger partial charge >= 0.3 is 12.7 Å². The number of carbonyl (C=O) groups is 3. The van der Waals surface area contributed by atoms with E-state index in [9.17, 15) is 18.9 Å². The second-order valence-electron chi connectivity index (χ2n) is 6.39. The number of hydrogen-bond donors (Lipinski definition) is 1. The van der Waals surface area contributed by atoms with Gasteiger partial charge in [0.1, 0.15) is 6.04 Å². The second-order valence-corrected chi connectivity index (χ2v) is 10.8. The molecular formula is C18H25N2O6PS. The molecule has 28 heavy (non-hydrogen) atoms. The summed E-state index contributed by atoms with van der Waals surface area (Å²) in [7, 11) is 0. The largest absolute Gasteiger partial charge is 0.462 e. The fourth-order valence-electron chi connectivity index (χ4n) is 2.60. The monoisotopic (exact) mass is 428 g/mol. The van der Waals surface area contributed by atoms with E-state index < -0.39 is 18.7 Å². The first kappa shape index (κ1) is 22.6. The molecule has 1 aromatic rings. The second kappa shape index (κ2) is 9.69. The summed E-state index contributed by atoms with van der Waals surface area (Å²) >= 11 is 0.951. The Labute approximate surface area is 168 Å². The highest BCUT2D eigenvalue weighted by Gasteiger charge is 2.36. The molecule has 0 saturated heterocycles. The summed E-state index contributed by atoms with van der Waals surface area (Å²) in [6, 6.07) is 5.79. The third-order valence-corrected chi connectivity index (χ3v) is 8.02. The third kappa shape index (κ3) is 5.44. The highest BCUT2D eigenvalue weighted by Crippen LogP contribution is 2.56. The lowest BCUT2D eigenvalue weighted by molar-refractivity contribution is -0.149. The Hall–Kier alpha value is -1.67. The minimum absolute atomic E-state index is 0.0839. The number of rotatable bonds is 10. The van der Waals surface area contributed by atoms with Gasteiger partial charge in [-0.1, -0.05) is 23.5 Å². The Kier molecular flexibility index (Phi) is 7.83. The average Bonchev–Trinajstić information content (AvgIpc) is 2.86. The topological polar surface area (TPSA) is 102 Å². The van der Waals surface area contributed by atoms with Crippen molar-refractivity contribution >= 4 is 35.9 Å². The van der Waals surface area contributed by atoms with Crippen molar-refractivity contribution in [3.8, 4) is 0 Å². The van der Waals surface area contributed by atoms with E-state index in [4.69, 9.17) is 9.26 Å². The van der Waals surface area contributed by atoms with E-state index >= 15 is 0 Å². The minimum Gasteiger partial charge on any atom is -0.462 e. The molecule has 0 radical (unpaired) electrons. The number of nitrogens with one attached hydrogen (secondary N) is 1. The molecule has 10 heteroatoms. The molecule has 2 rings (SSSR count). The highest BCUT2D eigenvalue weighted by molar-refractivity contribution is 8.56. The van der Waals surface area contributed by atoms with Crippen LogP contribution >= 0.6 is 18.1 Å². The summed E-state index contributed by atoms with van der Waals surface area (Å²) in [5, 5.41) is 2.70. The van der Waals surface area contributed by atoms with E-state index in [0.29, 0.717) is 11.1 Å². The Morgan fingerprint density at radius 2 is 1.75 bits per heavy atom. The summed E-state index contributed by atoms with van der Waals surface area (Å²) in [5.74, 6) is -1.07. The number of benzene rings is 1. The maximum absolute atomic E-state index is 13.0. The first-order valence-corrected chi connectivity index (χ1v) is 12.2. The summed E-state index contributed by atoms with van der Waals surface area (Å²) in [4.78, 5) is 37.8. The zero-order chi connectivity index (χ0) is 20.9. The van der Waals surface area contributed by atoms with Gasteiger partial charge in [0.2, 0.25) is 0 Å². The van der Waals surface area contributed by atoms with Crippen molar-refractivity contribution in [2.45, 2.75) is 39.8 Å². The lowest BCUT2D eigenvalue weighted by Gasteiger charge is -2.23. The Morgan fingerprint density at radius 1 is 1.18 bits per heavy atom. The maximum atomic E-state index is 13.0. The first-order chi connectivity index (χ1) is 13.2. The molecule has 0 aliphatic carbocycles. The predicted octanol–water partition coefficient (Wildman–Crippen LogP) is 3.09. The summed E-state index contributed by atoms with van der Waals surface area (Å²) in [6.45, 7) is 3.52. The van der Waals surface area contributed by atoms with E-state index in [2.05, 4.69) is 5.09 Å². The van der Waals surface area contributed by atoms with Gasteiger partial charge < -0.3 is 9.26 Å². The molecule has 0 unspecified atom stereocenters. The van der Waals surface area contributed by atoms with Crippen LogP contribution in [0.4, 0.5) is 0 Å². The van der Waals surface area contributed by atoms with Crippen molar-refractivity contribution in [3.63, 3.8) is 0 Å². The number of esters is 1. The van der Waals surface area contributed by atoms with Crippen molar-refractivity contribution in [3.05, 3.63) is 35.4 Å². The Bertz CT molecular complexity index is 765.